The number of aliphatic carboxylic acids is 1. The molecule has 2 N–H and O–H groups in total. The number of carboxylic acid groups (broad SMARTS) is 1. The lowest BCUT2D eigenvalue weighted by molar-refractivity contribution is -0.138. The first-order valence-corrected chi connectivity index (χ1v) is 7.69. The van der Waals surface area contributed by atoms with E-state index >= 15 is 0 Å². The quantitative estimate of drug-likeness (QED) is 0.673. The number of carbonyl (C=O) groups is 1. The first-order valence-electron chi connectivity index (χ1n) is 5.86. The van der Waals surface area contributed by atoms with Crippen LogP contribution in [0.25, 0.3) is 0 Å². The van der Waals surface area contributed by atoms with Crippen LogP contribution in [0.3, 0.4) is 0 Å². The molecule has 2 rings (SSSR count). The molecule has 0 aromatic carbocycles. The Bertz CT molecular complexity index is 395. The molecular weight excluding hydrogens is 244 g/mol. The molecule has 2 fully saturated rings. The van der Waals surface area contributed by atoms with Gasteiger partial charge in [0.15, 0.2) is 9.84 Å². The molecule has 0 spiro atoms. The second kappa shape index (κ2) is 4.91. The highest BCUT2D eigenvalue weighted by molar-refractivity contribution is 7.91. The number of carboxylic acids is 1. The fourth-order valence-electron chi connectivity index (χ4n) is 2.69. The van der Waals surface area contributed by atoms with E-state index in [2.05, 4.69) is 10.2 Å². The minimum absolute atomic E-state index is 0.00597. The fraction of sp³-hybridized carbons (Fsp3) is 0.900. The van der Waals surface area contributed by atoms with Crippen LogP contribution in [0.15, 0.2) is 0 Å². The summed E-state index contributed by atoms with van der Waals surface area (Å²) in [7, 11) is -2.91. The third-order valence-electron chi connectivity index (χ3n) is 3.48. The van der Waals surface area contributed by atoms with Crippen molar-refractivity contribution in [3.8, 4) is 0 Å². The molecule has 6 nitrogen and oxygen atoms in total. The van der Waals surface area contributed by atoms with E-state index in [0.717, 1.165) is 13.1 Å². The number of hydrogen-bond donors (Lipinski definition) is 2. The Balaban J connectivity index is 2.04. The molecule has 0 radical (unpaired) electrons. The maximum absolute atomic E-state index is 11.5. The van der Waals surface area contributed by atoms with Crippen LogP contribution < -0.4 is 5.32 Å². The normalized spacial score (nSPS) is 33.6. The molecule has 0 saturated carbocycles. The summed E-state index contributed by atoms with van der Waals surface area (Å²) in [5.41, 5.74) is 0. The van der Waals surface area contributed by atoms with E-state index in [0.29, 0.717) is 13.0 Å². The van der Waals surface area contributed by atoms with E-state index in [9.17, 15) is 13.2 Å². The van der Waals surface area contributed by atoms with Gasteiger partial charge in [0, 0.05) is 31.7 Å². The summed E-state index contributed by atoms with van der Waals surface area (Å²) in [4.78, 5) is 12.8. The van der Waals surface area contributed by atoms with Crippen molar-refractivity contribution >= 4 is 15.8 Å². The first-order chi connectivity index (χ1) is 7.98. The van der Waals surface area contributed by atoms with Crippen molar-refractivity contribution in [3.63, 3.8) is 0 Å². The Morgan fingerprint density at radius 1 is 1.47 bits per heavy atom. The second-order valence-electron chi connectivity index (χ2n) is 4.75. The van der Waals surface area contributed by atoms with Gasteiger partial charge in [-0.25, -0.2) is 8.42 Å². The van der Waals surface area contributed by atoms with Gasteiger partial charge in [-0.2, -0.15) is 0 Å². The first kappa shape index (κ1) is 12.8. The van der Waals surface area contributed by atoms with Crippen molar-refractivity contribution in [2.24, 2.45) is 0 Å². The van der Waals surface area contributed by atoms with E-state index in [1.807, 2.05) is 0 Å². The summed E-state index contributed by atoms with van der Waals surface area (Å²) in [6.07, 6.45) is 0.710. The van der Waals surface area contributed by atoms with Gasteiger partial charge in [0.2, 0.25) is 0 Å². The molecule has 2 heterocycles. The highest BCUT2D eigenvalue weighted by Gasteiger charge is 2.37. The van der Waals surface area contributed by atoms with Crippen molar-refractivity contribution in [2.75, 3.05) is 31.1 Å². The number of piperazine rings is 1. The number of nitrogens with zero attached hydrogens (tertiary/aromatic N) is 1. The van der Waals surface area contributed by atoms with E-state index in [1.165, 1.54) is 0 Å². The Labute approximate surface area is 101 Å². The largest absolute Gasteiger partial charge is 0.481 e. The third-order valence-corrected chi connectivity index (χ3v) is 5.23. The molecule has 98 valence electrons. The van der Waals surface area contributed by atoms with Crippen LogP contribution >= 0.6 is 0 Å². The molecule has 2 aliphatic rings. The van der Waals surface area contributed by atoms with Gasteiger partial charge in [0.1, 0.15) is 0 Å². The predicted octanol–water partition coefficient (Wildman–Crippen LogP) is -1.08. The zero-order valence-corrected chi connectivity index (χ0v) is 10.4. The molecule has 0 aliphatic carbocycles. The van der Waals surface area contributed by atoms with E-state index in [-0.39, 0.29) is 30.0 Å². The van der Waals surface area contributed by atoms with Gasteiger partial charge in [0.05, 0.1) is 17.9 Å². The lowest BCUT2D eigenvalue weighted by Gasteiger charge is -2.39. The average molecular weight is 262 g/mol. The zero-order valence-electron chi connectivity index (χ0n) is 9.63. The molecule has 0 bridgehead atoms. The third kappa shape index (κ3) is 3.17. The van der Waals surface area contributed by atoms with Crippen LogP contribution in [0.5, 0.6) is 0 Å². The predicted molar refractivity (Wildman–Crippen MR) is 62.7 cm³/mol. The molecule has 17 heavy (non-hydrogen) atoms. The standard InChI is InChI=1S/C10H18N2O4S/c13-10(14)5-9-6-11-2-3-12(9)8-1-4-17(15,16)7-8/h8-9,11H,1-7H2,(H,13,14). The Hall–Kier alpha value is -0.660. The molecule has 0 amide bonds. The van der Waals surface area contributed by atoms with Gasteiger partial charge in [-0.15, -0.1) is 0 Å². The van der Waals surface area contributed by atoms with Gasteiger partial charge in [-0.3, -0.25) is 9.69 Å². The van der Waals surface area contributed by atoms with Crippen molar-refractivity contribution in [3.05, 3.63) is 0 Å². The van der Waals surface area contributed by atoms with Crippen molar-refractivity contribution < 1.29 is 18.3 Å². The Morgan fingerprint density at radius 2 is 2.24 bits per heavy atom. The molecule has 2 unspecified atom stereocenters. The molecule has 0 aromatic rings. The van der Waals surface area contributed by atoms with Gasteiger partial charge >= 0.3 is 5.97 Å². The summed E-state index contributed by atoms with van der Waals surface area (Å²) >= 11 is 0. The van der Waals surface area contributed by atoms with E-state index < -0.39 is 15.8 Å². The van der Waals surface area contributed by atoms with Crippen LogP contribution in [-0.2, 0) is 14.6 Å². The molecule has 0 aromatic heterocycles. The second-order valence-corrected chi connectivity index (χ2v) is 6.98. The maximum atomic E-state index is 11.5. The van der Waals surface area contributed by atoms with Crippen LogP contribution in [-0.4, -0.2) is 67.6 Å². The lowest BCUT2D eigenvalue weighted by Crippen LogP contribution is -2.56. The smallest absolute Gasteiger partial charge is 0.304 e. The molecule has 2 saturated heterocycles. The minimum Gasteiger partial charge on any atom is -0.481 e. The molecular formula is C10H18N2O4S. The average Bonchev–Trinajstić information content (AvgIpc) is 2.59. The summed E-state index contributed by atoms with van der Waals surface area (Å²) in [6.45, 7) is 2.16. The monoisotopic (exact) mass is 262 g/mol. The van der Waals surface area contributed by atoms with Crippen molar-refractivity contribution in [1.82, 2.24) is 10.2 Å². The van der Waals surface area contributed by atoms with Gasteiger partial charge < -0.3 is 10.4 Å². The molecule has 7 heteroatoms. The summed E-state index contributed by atoms with van der Waals surface area (Å²) in [5, 5.41) is 12.0. The van der Waals surface area contributed by atoms with Crippen LogP contribution in [0.1, 0.15) is 12.8 Å². The number of rotatable bonds is 3. The van der Waals surface area contributed by atoms with Crippen molar-refractivity contribution in [2.45, 2.75) is 24.9 Å². The minimum atomic E-state index is -2.91. The fourth-order valence-corrected chi connectivity index (χ4v) is 4.43. The summed E-state index contributed by atoms with van der Waals surface area (Å²) in [5.74, 6) is -0.408. The molecule has 2 aliphatic heterocycles. The lowest BCUT2D eigenvalue weighted by atomic mass is 10.1. The highest BCUT2D eigenvalue weighted by Crippen LogP contribution is 2.22. The topological polar surface area (TPSA) is 86.7 Å². The number of sulfone groups is 1. The Morgan fingerprint density at radius 3 is 2.82 bits per heavy atom. The SMILES string of the molecule is O=C(O)CC1CNCCN1C1CCS(=O)(=O)C1. The summed E-state index contributed by atoms with van der Waals surface area (Å²) < 4.78 is 22.9. The van der Waals surface area contributed by atoms with Gasteiger partial charge in [0.25, 0.3) is 0 Å². The zero-order chi connectivity index (χ0) is 12.5. The van der Waals surface area contributed by atoms with Crippen molar-refractivity contribution in [1.29, 1.82) is 0 Å². The van der Waals surface area contributed by atoms with E-state index in [1.54, 1.807) is 0 Å². The highest BCUT2D eigenvalue weighted by atomic mass is 32.2. The van der Waals surface area contributed by atoms with Crippen LogP contribution in [0, 0.1) is 0 Å². The number of hydrogen-bond acceptors (Lipinski definition) is 5. The van der Waals surface area contributed by atoms with Crippen LogP contribution in [0.2, 0.25) is 0 Å². The Kier molecular flexibility index (Phi) is 3.70. The molecule has 2 atom stereocenters. The van der Waals surface area contributed by atoms with Crippen LogP contribution in [0.4, 0.5) is 0 Å². The van der Waals surface area contributed by atoms with Gasteiger partial charge in [-0.1, -0.05) is 0 Å². The number of nitrogens with one attached hydrogen (secondary N) is 1. The maximum Gasteiger partial charge on any atom is 0.304 e. The van der Waals surface area contributed by atoms with Gasteiger partial charge in [-0.05, 0) is 6.42 Å². The van der Waals surface area contributed by atoms with E-state index in [4.69, 9.17) is 5.11 Å². The summed E-state index contributed by atoms with van der Waals surface area (Å²) in [6, 6.07) is -0.0778.